The second-order valence-corrected chi connectivity index (χ2v) is 4.75. The lowest BCUT2D eigenvalue weighted by atomic mass is 9.62. The minimum absolute atomic E-state index is 0.0567. The first-order valence-electron chi connectivity index (χ1n) is 5.55. The van der Waals surface area contributed by atoms with E-state index in [-0.39, 0.29) is 17.4 Å². The van der Waals surface area contributed by atoms with Crippen LogP contribution in [0.1, 0.15) is 26.7 Å². The average Bonchev–Trinajstić information content (AvgIpc) is 2.20. The maximum Gasteiger partial charge on any atom is 0.227 e. The zero-order valence-corrected chi connectivity index (χ0v) is 9.88. The quantitative estimate of drug-likeness (QED) is 0.701. The van der Waals surface area contributed by atoms with Crippen LogP contribution in [0.4, 0.5) is 0 Å². The number of rotatable bonds is 5. The van der Waals surface area contributed by atoms with Gasteiger partial charge in [0.15, 0.2) is 0 Å². The van der Waals surface area contributed by atoms with E-state index < -0.39 is 0 Å². The Labute approximate surface area is 91.5 Å². The molecule has 0 aromatic rings. The highest BCUT2D eigenvalue weighted by molar-refractivity contribution is 5.83. The summed E-state index contributed by atoms with van der Waals surface area (Å²) in [7, 11) is 1.64. The van der Waals surface area contributed by atoms with Gasteiger partial charge in [-0.2, -0.15) is 0 Å². The summed E-state index contributed by atoms with van der Waals surface area (Å²) in [5.74, 6) is 0.714. The predicted molar refractivity (Wildman–Crippen MR) is 59.4 cm³/mol. The van der Waals surface area contributed by atoms with E-state index in [0.717, 1.165) is 12.8 Å². The maximum atomic E-state index is 11.9. The Morgan fingerprint density at radius 3 is 2.67 bits per heavy atom. The third-order valence-electron chi connectivity index (χ3n) is 3.30. The van der Waals surface area contributed by atoms with Gasteiger partial charge in [-0.25, -0.2) is 0 Å². The van der Waals surface area contributed by atoms with Crippen molar-refractivity contribution < 1.29 is 9.53 Å². The van der Waals surface area contributed by atoms with E-state index in [4.69, 9.17) is 10.5 Å². The molecule has 1 amide bonds. The Balaban J connectivity index is 2.39. The Bertz CT molecular complexity index is 225. The third kappa shape index (κ3) is 2.69. The van der Waals surface area contributed by atoms with E-state index in [1.165, 1.54) is 0 Å². The molecule has 0 aliphatic heterocycles. The van der Waals surface area contributed by atoms with Gasteiger partial charge in [-0.1, -0.05) is 6.92 Å². The van der Waals surface area contributed by atoms with Crippen LogP contribution in [0.5, 0.6) is 0 Å². The van der Waals surface area contributed by atoms with E-state index in [2.05, 4.69) is 12.2 Å². The van der Waals surface area contributed by atoms with Crippen LogP contribution in [-0.4, -0.2) is 32.2 Å². The molecule has 0 aromatic carbocycles. The number of amides is 1. The molecule has 0 saturated heterocycles. The number of hydrogen-bond acceptors (Lipinski definition) is 3. The molecule has 1 saturated carbocycles. The van der Waals surface area contributed by atoms with Crippen LogP contribution >= 0.6 is 0 Å². The number of carbonyl (C=O) groups excluding carboxylic acids is 1. The second kappa shape index (κ2) is 4.94. The highest BCUT2D eigenvalue weighted by atomic mass is 16.5. The Kier molecular flexibility index (Phi) is 4.11. The molecule has 88 valence electrons. The molecular weight excluding hydrogens is 192 g/mol. The Morgan fingerprint density at radius 2 is 2.27 bits per heavy atom. The number of ether oxygens (including phenoxy) is 1. The normalized spacial score (nSPS) is 31.9. The van der Waals surface area contributed by atoms with Crippen molar-refractivity contribution in [2.24, 2.45) is 17.1 Å². The maximum absolute atomic E-state index is 11.9. The molecule has 1 fully saturated rings. The van der Waals surface area contributed by atoms with Crippen molar-refractivity contribution in [2.75, 3.05) is 20.2 Å². The lowest BCUT2D eigenvalue weighted by Crippen LogP contribution is -2.54. The fourth-order valence-corrected chi connectivity index (χ4v) is 2.23. The molecule has 0 radical (unpaired) electrons. The topological polar surface area (TPSA) is 64.3 Å². The van der Waals surface area contributed by atoms with Crippen molar-refractivity contribution in [3.63, 3.8) is 0 Å². The second-order valence-electron chi connectivity index (χ2n) is 4.75. The monoisotopic (exact) mass is 214 g/mol. The summed E-state index contributed by atoms with van der Waals surface area (Å²) in [5.41, 5.74) is 5.38. The van der Waals surface area contributed by atoms with Crippen LogP contribution in [0.15, 0.2) is 0 Å². The summed E-state index contributed by atoms with van der Waals surface area (Å²) in [6, 6.07) is 0. The minimum atomic E-state index is -0.299. The van der Waals surface area contributed by atoms with Gasteiger partial charge in [0.1, 0.15) is 0 Å². The van der Waals surface area contributed by atoms with Crippen molar-refractivity contribution in [1.82, 2.24) is 5.32 Å². The van der Waals surface area contributed by atoms with Gasteiger partial charge >= 0.3 is 0 Å². The van der Waals surface area contributed by atoms with E-state index in [1.807, 2.05) is 6.92 Å². The fourth-order valence-electron chi connectivity index (χ4n) is 2.23. The number of carbonyl (C=O) groups is 1. The summed E-state index contributed by atoms with van der Waals surface area (Å²) in [4.78, 5) is 11.9. The molecule has 1 aliphatic carbocycles. The molecule has 1 unspecified atom stereocenters. The lowest BCUT2D eigenvalue weighted by molar-refractivity contribution is -0.138. The van der Waals surface area contributed by atoms with Gasteiger partial charge in [0.05, 0.1) is 11.5 Å². The predicted octanol–water partition coefficient (Wildman–Crippen LogP) is 0.513. The van der Waals surface area contributed by atoms with Gasteiger partial charge in [0.25, 0.3) is 0 Å². The summed E-state index contributed by atoms with van der Waals surface area (Å²) in [5, 5.41) is 2.90. The van der Waals surface area contributed by atoms with Crippen molar-refractivity contribution in [1.29, 1.82) is 0 Å². The first-order valence-corrected chi connectivity index (χ1v) is 5.55. The zero-order chi connectivity index (χ0) is 11.5. The Morgan fingerprint density at radius 1 is 1.67 bits per heavy atom. The molecule has 3 N–H and O–H groups in total. The molecule has 1 atom stereocenters. The molecule has 0 heterocycles. The summed E-state index contributed by atoms with van der Waals surface area (Å²) >= 11 is 0. The first kappa shape index (κ1) is 12.5. The summed E-state index contributed by atoms with van der Waals surface area (Å²) in [6.45, 7) is 5.09. The number of nitrogens with two attached hydrogens (primary N) is 1. The average molecular weight is 214 g/mol. The zero-order valence-electron chi connectivity index (χ0n) is 9.88. The van der Waals surface area contributed by atoms with Crippen LogP contribution in [-0.2, 0) is 9.53 Å². The molecule has 4 heteroatoms. The van der Waals surface area contributed by atoms with Crippen LogP contribution in [0.2, 0.25) is 0 Å². The van der Waals surface area contributed by atoms with Gasteiger partial charge in [-0.15, -0.1) is 0 Å². The molecule has 1 aliphatic rings. The molecule has 0 aromatic heterocycles. The molecule has 4 nitrogen and oxygen atoms in total. The molecule has 0 bridgehead atoms. The largest absolute Gasteiger partial charge is 0.380 e. The van der Waals surface area contributed by atoms with Crippen molar-refractivity contribution in [3.05, 3.63) is 0 Å². The van der Waals surface area contributed by atoms with E-state index in [0.29, 0.717) is 19.0 Å². The summed E-state index contributed by atoms with van der Waals surface area (Å²) in [6.07, 6.45) is 1.88. The standard InChI is InChI=1S/C11H22N2O2/c1-8-4-11(5-8,7-12)10(14)13-6-9(2)15-3/h8-9H,4-7,12H2,1-3H3,(H,13,14). The van der Waals surface area contributed by atoms with Gasteiger partial charge in [-0.3, -0.25) is 4.79 Å². The molecule has 15 heavy (non-hydrogen) atoms. The highest BCUT2D eigenvalue weighted by Gasteiger charge is 2.46. The van der Waals surface area contributed by atoms with Crippen LogP contribution < -0.4 is 11.1 Å². The number of methoxy groups -OCH3 is 1. The molecule has 1 rings (SSSR count). The van der Waals surface area contributed by atoms with E-state index >= 15 is 0 Å². The van der Waals surface area contributed by atoms with Crippen molar-refractivity contribution >= 4 is 5.91 Å². The number of hydrogen-bond donors (Lipinski definition) is 2. The van der Waals surface area contributed by atoms with Gasteiger partial charge in [-0.05, 0) is 25.7 Å². The van der Waals surface area contributed by atoms with Gasteiger partial charge in [0.2, 0.25) is 5.91 Å². The fraction of sp³-hybridized carbons (Fsp3) is 0.909. The molecule has 0 spiro atoms. The van der Waals surface area contributed by atoms with Crippen LogP contribution in [0.25, 0.3) is 0 Å². The third-order valence-corrected chi connectivity index (χ3v) is 3.30. The first-order chi connectivity index (χ1) is 7.04. The Hall–Kier alpha value is -0.610. The van der Waals surface area contributed by atoms with Crippen LogP contribution in [0, 0.1) is 11.3 Å². The lowest BCUT2D eigenvalue weighted by Gasteiger charge is -2.44. The summed E-state index contributed by atoms with van der Waals surface area (Å²) < 4.78 is 5.07. The van der Waals surface area contributed by atoms with E-state index in [1.54, 1.807) is 7.11 Å². The van der Waals surface area contributed by atoms with Crippen molar-refractivity contribution in [3.8, 4) is 0 Å². The van der Waals surface area contributed by atoms with Crippen molar-refractivity contribution in [2.45, 2.75) is 32.8 Å². The smallest absolute Gasteiger partial charge is 0.227 e. The highest BCUT2D eigenvalue weighted by Crippen LogP contribution is 2.44. The van der Waals surface area contributed by atoms with E-state index in [9.17, 15) is 4.79 Å². The number of nitrogens with one attached hydrogen (secondary N) is 1. The van der Waals surface area contributed by atoms with Gasteiger partial charge < -0.3 is 15.8 Å². The molecular formula is C11H22N2O2. The SMILES string of the molecule is COC(C)CNC(=O)C1(CN)CC(C)C1. The van der Waals surface area contributed by atoms with Gasteiger partial charge in [0, 0.05) is 20.2 Å². The minimum Gasteiger partial charge on any atom is -0.380 e. The van der Waals surface area contributed by atoms with Crippen LogP contribution in [0.3, 0.4) is 0 Å².